The van der Waals surface area contributed by atoms with Crippen LogP contribution in [0.3, 0.4) is 0 Å². The van der Waals surface area contributed by atoms with E-state index in [1.165, 1.54) is 23.2 Å². The van der Waals surface area contributed by atoms with E-state index in [4.69, 9.17) is 5.41 Å². The van der Waals surface area contributed by atoms with Gasteiger partial charge in [0.2, 0.25) is 0 Å². The van der Waals surface area contributed by atoms with E-state index >= 15 is 0 Å². The molecule has 0 aliphatic heterocycles. The Morgan fingerprint density at radius 2 is 2.00 bits per heavy atom. The molecule has 0 amide bonds. The molecule has 1 aromatic carbocycles. The average molecular weight is 340 g/mol. The zero-order chi connectivity index (χ0) is 18.0. The van der Waals surface area contributed by atoms with Crippen LogP contribution in [0.4, 0.5) is 0 Å². The molecule has 3 rings (SSSR count). The van der Waals surface area contributed by atoms with Gasteiger partial charge in [0.25, 0.3) is 0 Å². The second kappa shape index (κ2) is 6.74. The lowest BCUT2D eigenvalue weighted by molar-refractivity contribution is 0.145. The van der Waals surface area contributed by atoms with Crippen LogP contribution < -0.4 is 10.8 Å². The van der Waals surface area contributed by atoms with E-state index in [9.17, 15) is 10.3 Å². The number of β-amino-alcohol motifs (C(OH)–C–C–N with tert-alkyl or cyclic N) is 1. The highest BCUT2D eigenvalue weighted by atomic mass is 16.5. The van der Waals surface area contributed by atoms with Crippen LogP contribution in [0.25, 0.3) is 10.9 Å². The standard InChI is InChI=1S/C19H24N4O2/c1-19(2,9-14-10-21-16-6-4-3-5-15(14)16)22-11-17(24)13-7-8-18(20)23(25)12-13/h3-8,10,12,17,20-22,24-25H,9,11H2,1-2H3/t17-/m0/s1. The van der Waals surface area contributed by atoms with Crippen molar-refractivity contribution in [3.63, 3.8) is 0 Å². The number of aliphatic hydroxyl groups excluding tert-OH is 1. The second-order valence-electron chi connectivity index (χ2n) is 7.01. The molecule has 5 N–H and O–H groups in total. The Balaban J connectivity index is 1.66. The fourth-order valence-electron chi connectivity index (χ4n) is 3.01. The van der Waals surface area contributed by atoms with Crippen molar-refractivity contribution in [2.45, 2.75) is 31.9 Å². The van der Waals surface area contributed by atoms with Crippen LogP contribution in [0, 0.1) is 5.41 Å². The van der Waals surface area contributed by atoms with Gasteiger partial charge in [-0.05, 0) is 38.0 Å². The number of aromatic amines is 1. The number of H-pyrrole nitrogens is 1. The van der Waals surface area contributed by atoms with Crippen LogP contribution in [-0.4, -0.2) is 32.1 Å². The number of para-hydroxylation sites is 1. The molecule has 0 spiro atoms. The maximum atomic E-state index is 10.3. The molecule has 0 bridgehead atoms. The summed E-state index contributed by atoms with van der Waals surface area (Å²) in [6.45, 7) is 4.55. The molecule has 132 valence electrons. The monoisotopic (exact) mass is 340 g/mol. The minimum Gasteiger partial charge on any atom is -0.427 e. The number of aromatic nitrogens is 2. The van der Waals surface area contributed by atoms with E-state index in [0.717, 1.165) is 11.9 Å². The second-order valence-corrected chi connectivity index (χ2v) is 7.01. The lowest BCUT2D eigenvalue weighted by Gasteiger charge is -2.28. The largest absolute Gasteiger partial charge is 0.427 e. The molecule has 0 saturated carbocycles. The van der Waals surface area contributed by atoms with Crippen LogP contribution in [0.5, 0.6) is 0 Å². The molecular weight excluding hydrogens is 316 g/mol. The third kappa shape index (κ3) is 3.92. The number of nitrogens with zero attached hydrogens (tertiary/aromatic N) is 1. The Hall–Kier alpha value is -2.57. The first-order valence-corrected chi connectivity index (χ1v) is 8.30. The van der Waals surface area contributed by atoms with E-state index in [1.54, 1.807) is 6.07 Å². The van der Waals surface area contributed by atoms with Gasteiger partial charge in [-0.25, -0.2) is 0 Å². The van der Waals surface area contributed by atoms with Crippen molar-refractivity contribution in [1.82, 2.24) is 15.0 Å². The first-order valence-electron chi connectivity index (χ1n) is 8.30. The summed E-state index contributed by atoms with van der Waals surface area (Å²) < 4.78 is 0.704. The number of aliphatic hydroxyl groups is 1. The average Bonchev–Trinajstić information content (AvgIpc) is 2.98. The highest BCUT2D eigenvalue weighted by Gasteiger charge is 2.21. The van der Waals surface area contributed by atoms with Gasteiger partial charge in [0.15, 0.2) is 5.49 Å². The van der Waals surface area contributed by atoms with Crippen LogP contribution in [0.2, 0.25) is 0 Å². The first-order chi connectivity index (χ1) is 11.9. The van der Waals surface area contributed by atoms with Crippen LogP contribution >= 0.6 is 0 Å². The number of hydrogen-bond donors (Lipinski definition) is 5. The predicted molar refractivity (Wildman–Crippen MR) is 96.5 cm³/mol. The zero-order valence-corrected chi connectivity index (χ0v) is 14.5. The molecule has 0 unspecified atom stereocenters. The highest BCUT2D eigenvalue weighted by Crippen LogP contribution is 2.22. The van der Waals surface area contributed by atoms with Crippen LogP contribution in [0.15, 0.2) is 48.8 Å². The number of pyridine rings is 1. The van der Waals surface area contributed by atoms with Crippen molar-refractivity contribution in [3.05, 3.63) is 65.4 Å². The molecule has 2 heterocycles. The molecule has 2 aromatic heterocycles. The fourth-order valence-corrected chi connectivity index (χ4v) is 3.01. The molecule has 3 aromatic rings. The predicted octanol–water partition coefficient (Wildman–Crippen LogP) is 2.33. The van der Waals surface area contributed by atoms with Crippen molar-refractivity contribution < 1.29 is 10.3 Å². The summed E-state index contributed by atoms with van der Waals surface area (Å²) in [7, 11) is 0. The van der Waals surface area contributed by atoms with Gasteiger partial charge in [0.05, 0.1) is 12.3 Å². The molecule has 6 nitrogen and oxygen atoms in total. The molecule has 0 aliphatic rings. The van der Waals surface area contributed by atoms with Gasteiger partial charge >= 0.3 is 0 Å². The van der Waals surface area contributed by atoms with E-state index in [0.29, 0.717) is 16.8 Å². The van der Waals surface area contributed by atoms with Crippen LogP contribution in [0.1, 0.15) is 31.1 Å². The Labute approximate surface area is 146 Å². The highest BCUT2D eigenvalue weighted by molar-refractivity contribution is 5.83. The van der Waals surface area contributed by atoms with Gasteiger partial charge in [0.1, 0.15) is 0 Å². The number of rotatable bonds is 6. The van der Waals surface area contributed by atoms with Gasteiger partial charge in [0, 0.05) is 34.7 Å². The molecule has 1 atom stereocenters. The molecule has 0 aliphatic carbocycles. The summed E-state index contributed by atoms with van der Waals surface area (Å²) >= 11 is 0. The summed E-state index contributed by atoms with van der Waals surface area (Å²) in [6, 6.07) is 11.3. The SMILES string of the molecule is CC(C)(Cc1c[nH]c2ccccc12)NC[C@H](O)c1ccc(=N)n(O)c1. The molecule has 0 fully saturated rings. The van der Waals surface area contributed by atoms with Gasteiger partial charge in [-0.15, -0.1) is 0 Å². The summed E-state index contributed by atoms with van der Waals surface area (Å²) in [6.07, 6.45) is 3.45. The lowest BCUT2D eigenvalue weighted by atomic mass is 9.94. The smallest absolute Gasteiger partial charge is 0.160 e. The third-order valence-electron chi connectivity index (χ3n) is 4.42. The van der Waals surface area contributed by atoms with E-state index < -0.39 is 6.10 Å². The fraction of sp³-hybridized carbons (Fsp3) is 0.316. The minimum absolute atomic E-state index is 0.0245. The van der Waals surface area contributed by atoms with Crippen molar-refractivity contribution in [2.75, 3.05) is 6.54 Å². The molecule has 0 radical (unpaired) electrons. The van der Waals surface area contributed by atoms with Gasteiger partial charge in [-0.1, -0.05) is 24.3 Å². The summed E-state index contributed by atoms with van der Waals surface area (Å²) in [5, 5.41) is 31.9. The van der Waals surface area contributed by atoms with Gasteiger partial charge in [-0.3, -0.25) is 5.41 Å². The maximum Gasteiger partial charge on any atom is 0.160 e. The maximum absolute atomic E-state index is 10.3. The first kappa shape index (κ1) is 17.3. The normalized spacial score (nSPS) is 13.2. The molecule has 0 saturated heterocycles. The number of fused-ring (bicyclic) bond motifs is 1. The quantitative estimate of drug-likeness (QED) is 0.446. The summed E-state index contributed by atoms with van der Waals surface area (Å²) in [5.74, 6) is 0. The Bertz CT molecular complexity index is 926. The third-order valence-corrected chi connectivity index (χ3v) is 4.42. The lowest BCUT2D eigenvalue weighted by Crippen LogP contribution is -2.43. The number of hydrogen-bond acceptors (Lipinski definition) is 4. The number of benzene rings is 1. The Morgan fingerprint density at radius 1 is 1.24 bits per heavy atom. The van der Waals surface area contributed by atoms with Crippen molar-refractivity contribution in [1.29, 1.82) is 5.41 Å². The van der Waals surface area contributed by atoms with E-state index in [-0.39, 0.29) is 11.0 Å². The molecular formula is C19H24N4O2. The van der Waals surface area contributed by atoms with Crippen molar-refractivity contribution in [3.8, 4) is 0 Å². The topological polar surface area (TPSA) is 97.1 Å². The van der Waals surface area contributed by atoms with Gasteiger partial charge in [-0.2, -0.15) is 4.73 Å². The number of nitrogens with one attached hydrogen (secondary N) is 3. The van der Waals surface area contributed by atoms with Crippen molar-refractivity contribution >= 4 is 10.9 Å². The van der Waals surface area contributed by atoms with Crippen molar-refractivity contribution in [2.24, 2.45) is 0 Å². The minimum atomic E-state index is -0.763. The zero-order valence-electron chi connectivity index (χ0n) is 14.5. The molecule has 25 heavy (non-hydrogen) atoms. The summed E-state index contributed by atoms with van der Waals surface area (Å²) in [5.41, 5.74) is 2.68. The van der Waals surface area contributed by atoms with Gasteiger partial charge < -0.3 is 20.6 Å². The van der Waals surface area contributed by atoms with E-state index in [2.05, 4.69) is 36.3 Å². The Kier molecular flexibility index (Phi) is 4.65. The van der Waals surface area contributed by atoms with Crippen LogP contribution in [-0.2, 0) is 6.42 Å². The summed E-state index contributed by atoms with van der Waals surface area (Å²) in [4.78, 5) is 3.29. The van der Waals surface area contributed by atoms with E-state index in [1.807, 2.05) is 18.3 Å². The Morgan fingerprint density at radius 3 is 2.76 bits per heavy atom. The molecule has 6 heteroatoms.